The number of fused-ring (bicyclic) bond motifs is 1. The highest BCUT2D eigenvalue weighted by Crippen LogP contribution is 2.32. The Hall–Kier alpha value is -6.10. The average molecular weight is 742 g/mol. The molecule has 3 amide bonds. The highest BCUT2D eigenvalue weighted by atomic mass is 19.1. The number of amides is 3. The Labute approximate surface area is 301 Å². The summed E-state index contributed by atoms with van der Waals surface area (Å²) in [6, 6.07) is 8.84. The van der Waals surface area contributed by atoms with Crippen molar-refractivity contribution in [2.75, 3.05) is 46.7 Å². The Morgan fingerprint density at radius 1 is 1.02 bits per heavy atom. The number of likely N-dealkylation sites (N-methyl/N-ethyl adjacent to an activating group) is 2. The number of hydrogen-bond acceptors (Lipinski definition) is 8. The Kier molecular flexibility index (Phi) is 13.4. The second-order valence-corrected chi connectivity index (χ2v) is 12.0. The van der Waals surface area contributed by atoms with Crippen molar-refractivity contribution < 1.29 is 51.7 Å². The van der Waals surface area contributed by atoms with Gasteiger partial charge in [0, 0.05) is 64.1 Å². The number of ether oxygens (including phenoxy) is 3. The van der Waals surface area contributed by atoms with Gasteiger partial charge < -0.3 is 39.0 Å². The summed E-state index contributed by atoms with van der Waals surface area (Å²) in [5.41, 5.74) is -1.12. The van der Waals surface area contributed by atoms with Crippen molar-refractivity contribution in [2.45, 2.75) is 32.1 Å². The molecule has 2 aromatic heterocycles. The van der Waals surface area contributed by atoms with Gasteiger partial charge in [-0.05, 0) is 55.3 Å². The Morgan fingerprint density at radius 3 is 2.45 bits per heavy atom. The molecule has 1 atom stereocenters. The maximum absolute atomic E-state index is 14.7. The van der Waals surface area contributed by atoms with Crippen LogP contribution in [0.2, 0.25) is 0 Å². The number of rotatable bonds is 15. The van der Waals surface area contributed by atoms with Crippen molar-refractivity contribution in [1.82, 2.24) is 18.9 Å². The predicted octanol–water partition coefficient (Wildman–Crippen LogP) is 4.82. The van der Waals surface area contributed by atoms with E-state index < -0.39 is 53.8 Å². The molecular weight excluding hydrogens is 703 g/mol. The third-order valence-electron chi connectivity index (χ3n) is 7.88. The SMILES string of the molecule is COCCN(C)C(=O)OC(CC/C=C/C(=O)N(C)C)C(=O)Nc1cccn(Cc2cc3cc(F)cc(OCc4ccc(F)cc4F)c3n2C(=O)O)c1=O. The fraction of sp³-hybridized carbons (Fsp3) is 0.306. The highest BCUT2D eigenvalue weighted by Gasteiger charge is 2.26. The Morgan fingerprint density at radius 2 is 1.77 bits per heavy atom. The lowest BCUT2D eigenvalue weighted by molar-refractivity contribution is -0.125. The van der Waals surface area contributed by atoms with Crippen LogP contribution in [0.25, 0.3) is 10.9 Å². The van der Waals surface area contributed by atoms with Gasteiger partial charge in [0.25, 0.3) is 11.5 Å². The number of hydrogen-bond donors (Lipinski definition) is 2. The number of aromatic nitrogens is 2. The third kappa shape index (κ3) is 10.2. The first-order chi connectivity index (χ1) is 25.2. The summed E-state index contributed by atoms with van der Waals surface area (Å²) >= 11 is 0. The normalized spacial score (nSPS) is 11.8. The number of anilines is 1. The van der Waals surface area contributed by atoms with E-state index in [0.717, 1.165) is 33.4 Å². The number of allylic oxidation sites excluding steroid dienone is 1. The number of nitrogens with one attached hydrogen (secondary N) is 1. The molecule has 0 bridgehead atoms. The molecule has 17 heteroatoms. The number of nitrogens with zero attached hydrogens (tertiary/aromatic N) is 4. The van der Waals surface area contributed by atoms with Crippen molar-refractivity contribution in [3.8, 4) is 5.75 Å². The molecule has 282 valence electrons. The van der Waals surface area contributed by atoms with Gasteiger partial charge >= 0.3 is 12.2 Å². The van der Waals surface area contributed by atoms with Crippen LogP contribution in [0, 0.1) is 17.5 Å². The maximum atomic E-state index is 14.7. The van der Waals surface area contributed by atoms with E-state index >= 15 is 0 Å². The van der Waals surface area contributed by atoms with Crippen molar-refractivity contribution in [3.05, 3.63) is 106 Å². The third-order valence-corrected chi connectivity index (χ3v) is 7.88. The number of pyridine rings is 1. The van der Waals surface area contributed by atoms with Gasteiger partial charge in [0.2, 0.25) is 5.91 Å². The van der Waals surface area contributed by atoms with Crippen molar-refractivity contribution in [3.63, 3.8) is 0 Å². The molecule has 0 fully saturated rings. The minimum Gasteiger partial charge on any atom is -0.486 e. The molecule has 1 unspecified atom stereocenters. The van der Waals surface area contributed by atoms with Gasteiger partial charge in [0.15, 0.2) is 6.10 Å². The van der Waals surface area contributed by atoms with Crippen molar-refractivity contribution >= 4 is 40.6 Å². The van der Waals surface area contributed by atoms with Gasteiger partial charge in [0.05, 0.1) is 18.8 Å². The standard InChI is InChI=1S/C36H38F3N5O9/c1-41(2)31(45)10-6-5-9-29(53-36(50)42(3)14-15-51-4)33(46)40-28-8-7-13-43(34(28)47)20-26-17-23-16-25(38)19-30(32(23)44(26)35(48)49)52-21-22-11-12-24(37)18-27(22)39/h6-8,10-13,16-19,29H,5,9,14-15,20-21H2,1-4H3,(H,40,46)(H,48,49)/b10-6+. The molecule has 14 nitrogen and oxygen atoms in total. The van der Waals surface area contributed by atoms with Crippen LogP contribution in [0.1, 0.15) is 24.1 Å². The summed E-state index contributed by atoms with van der Waals surface area (Å²) in [6.45, 7) is -0.466. The summed E-state index contributed by atoms with van der Waals surface area (Å²) in [5, 5.41) is 12.8. The minimum absolute atomic E-state index is 0.00597. The molecule has 0 aliphatic rings. The summed E-state index contributed by atoms with van der Waals surface area (Å²) in [7, 11) is 6.05. The second-order valence-electron chi connectivity index (χ2n) is 12.0. The van der Waals surface area contributed by atoms with Crippen LogP contribution < -0.4 is 15.6 Å². The van der Waals surface area contributed by atoms with Gasteiger partial charge in [-0.1, -0.05) is 6.08 Å². The quantitative estimate of drug-likeness (QED) is 0.163. The summed E-state index contributed by atoms with van der Waals surface area (Å²) in [5.74, 6) is -3.89. The molecule has 53 heavy (non-hydrogen) atoms. The van der Waals surface area contributed by atoms with E-state index in [0.29, 0.717) is 6.07 Å². The van der Waals surface area contributed by atoms with Crippen LogP contribution in [0.4, 0.5) is 28.4 Å². The first-order valence-corrected chi connectivity index (χ1v) is 16.1. The monoisotopic (exact) mass is 741 g/mol. The molecule has 2 aromatic carbocycles. The summed E-state index contributed by atoms with van der Waals surface area (Å²) < 4.78 is 60.2. The molecular formula is C36H38F3N5O9. The lowest BCUT2D eigenvalue weighted by atomic mass is 10.1. The van der Waals surface area contributed by atoms with E-state index in [4.69, 9.17) is 14.2 Å². The molecule has 4 rings (SSSR count). The zero-order chi connectivity index (χ0) is 38.8. The summed E-state index contributed by atoms with van der Waals surface area (Å²) in [4.78, 5) is 66.7. The minimum atomic E-state index is -1.50. The van der Waals surface area contributed by atoms with Crippen molar-refractivity contribution in [2.24, 2.45) is 0 Å². The van der Waals surface area contributed by atoms with Crippen LogP contribution in [-0.4, -0.2) is 95.5 Å². The molecule has 0 saturated heterocycles. The molecule has 2 heterocycles. The fourth-order valence-corrected chi connectivity index (χ4v) is 5.07. The second kappa shape index (κ2) is 17.9. The van der Waals surface area contributed by atoms with E-state index in [1.807, 2.05) is 0 Å². The van der Waals surface area contributed by atoms with E-state index in [-0.39, 0.29) is 72.0 Å². The first-order valence-electron chi connectivity index (χ1n) is 16.1. The molecule has 0 aliphatic carbocycles. The lowest BCUT2D eigenvalue weighted by Crippen LogP contribution is -2.39. The van der Waals surface area contributed by atoms with E-state index in [2.05, 4.69) is 5.32 Å². The van der Waals surface area contributed by atoms with Gasteiger partial charge in [0.1, 0.15) is 41.0 Å². The number of benzene rings is 2. The average Bonchev–Trinajstić information content (AvgIpc) is 3.47. The Balaban J connectivity index is 1.60. The maximum Gasteiger partial charge on any atom is 0.416 e. The molecule has 4 aromatic rings. The zero-order valence-electron chi connectivity index (χ0n) is 29.3. The molecule has 0 radical (unpaired) electrons. The molecule has 2 N–H and O–H groups in total. The van der Waals surface area contributed by atoms with E-state index in [1.54, 1.807) is 14.1 Å². The number of carbonyl (C=O) groups excluding carboxylic acids is 3. The zero-order valence-corrected chi connectivity index (χ0v) is 29.3. The van der Waals surface area contributed by atoms with Crippen LogP contribution in [0.15, 0.2) is 71.7 Å². The van der Waals surface area contributed by atoms with Gasteiger partial charge in [-0.2, -0.15) is 0 Å². The van der Waals surface area contributed by atoms with Crippen LogP contribution >= 0.6 is 0 Å². The van der Waals surface area contributed by atoms with Crippen molar-refractivity contribution in [1.29, 1.82) is 0 Å². The lowest BCUT2D eigenvalue weighted by Gasteiger charge is -2.22. The summed E-state index contributed by atoms with van der Waals surface area (Å²) in [6.07, 6.45) is 0.576. The van der Waals surface area contributed by atoms with E-state index in [1.165, 1.54) is 60.5 Å². The number of methoxy groups -OCH3 is 1. The Bertz CT molecular complexity index is 2080. The highest BCUT2D eigenvalue weighted by molar-refractivity contribution is 5.96. The predicted molar refractivity (Wildman–Crippen MR) is 186 cm³/mol. The molecule has 0 saturated carbocycles. The number of halogens is 3. The van der Waals surface area contributed by atoms with E-state index in [9.17, 15) is 42.3 Å². The topological polar surface area (TPSA) is 162 Å². The molecule has 0 spiro atoms. The van der Waals surface area contributed by atoms with Gasteiger partial charge in [-0.15, -0.1) is 0 Å². The van der Waals surface area contributed by atoms with Crippen LogP contribution in [0.3, 0.4) is 0 Å². The first kappa shape index (κ1) is 39.7. The van der Waals surface area contributed by atoms with Crippen LogP contribution in [-0.2, 0) is 32.2 Å². The van der Waals surface area contributed by atoms with Gasteiger partial charge in [-0.3, -0.25) is 14.4 Å². The van der Waals surface area contributed by atoms with Crippen LogP contribution in [0.5, 0.6) is 5.75 Å². The smallest absolute Gasteiger partial charge is 0.416 e. The largest absolute Gasteiger partial charge is 0.486 e. The molecule has 0 aliphatic heterocycles. The van der Waals surface area contributed by atoms with Gasteiger partial charge in [-0.25, -0.2) is 27.3 Å². The number of carbonyl (C=O) groups is 4. The number of carboxylic acid groups (broad SMARTS) is 1. The fourth-order valence-electron chi connectivity index (χ4n) is 5.07.